The maximum atomic E-state index is 12.3. The Bertz CT molecular complexity index is 875. The van der Waals surface area contributed by atoms with E-state index in [1.165, 1.54) is 0 Å². The van der Waals surface area contributed by atoms with E-state index in [2.05, 4.69) is 10.5 Å². The fourth-order valence-electron chi connectivity index (χ4n) is 2.43. The van der Waals surface area contributed by atoms with Crippen molar-refractivity contribution in [3.63, 3.8) is 0 Å². The second-order valence-electron chi connectivity index (χ2n) is 5.82. The summed E-state index contributed by atoms with van der Waals surface area (Å²) in [6.45, 7) is 1.86. The van der Waals surface area contributed by atoms with Gasteiger partial charge in [0.15, 0.2) is 11.5 Å². The largest absolute Gasteiger partial charge is 0.355 e. The van der Waals surface area contributed by atoms with Crippen LogP contribution in [0.2, 0.25) is 0 Å². The minimum atomic E-state index is -0.443. The van der Waals surface area contributed by atoms with E-state index in [1.54, 1.807) is 29.4 Å². The first kappa shape index (κ1) is 17.9. The molecule has 1 unspecified atom stereocenters. The normalized spacial score (nSPS) is 11.8. The van der Waals surface area contributed by atoms with E-state index in [1.807, 2.05) is 54.8 Å². The molecule has 134 valence electrons. The summed E-state index contributed by atoms with van der Waals surface area (Å²) in [6.07, 6.45) is 0. The van der Waals surface area contributed by atoms with Crippen LogP contribution in [-0.2, 0) is 4.79 Å². The molecule has 0 aliphatic heterocycles. The van der Waals surface area contributed by atoms with Gasteiger partial charge in [0.1, 0.15) is 0 Å². The van der Waals surface area contributed by atoms with Gasteiger partial charge in [0.05, 0.1) is 12.6 Å². The summed E-state index contributed by atoms with van der Waals surface area (Å²) < 4.78 is 5.21. The molecule has 2 amide bonds. The second-order valence-corrected chi connectivity index (χ2v) is 6.80. The standard InChI is InChI=1S/C19H19N3O3S/c1-13(17-9-6-10-26-17)22(2)18(23)12-20-19(24)15-11-16(25-21-15)14-7-4-3-5-8-14/h3-11,13H,12H2,1-2H3,(H,20,24). The van der Waals surface area contributed by atoms with E-state index >= 15 is 0 Å². The third-order valence-electron chi connectivity index (χ3n) is 4.13. The van der Waals surface area contributed by atoms with Gasteiger partial charge in [-0.15, -0.1) is 11.3 Å². The number of aromatic nitrogens is 1. The van der Waals surface area contributed by atoms with Crippen LogP contribution in [0.4, 0.5) is 0 Å². The number of hydrogen-bond donors (Lipinski definition) is 1. The number of nitrogens with zero attached hydrogens (tertiary/aromatic N) is 2. The molecule has 0 fully saturated rings. The molecule has 2 aromatic heterocycles. The number of carbonyl (C=O) groups is 2. The first-order valence-corrected chi connectivity index (χ1v) is 9.03. The van der Waals surface area contributed by atoms with Crippen molar-refractivity contribution in [1.82, 2.24) is 15.4 Å². The van der Waals surface area contributed by atoms with Gasteiger partial charge in [-0.1, -0.05) is 41.6 Å². The average molecular weight is 369 g/mol. The molecule has 26 heavy (non-hydrogen) atoms. The van der Waals surface area contributed by atoms with E-state index in [4.69, 9.17) is 4.52 Å². The minimum absolute atomic E-state index is 0.0452. The summed E-state index contributed by atoms with van der Waals surface area (Å²) in [5, 5.41) is 8.35. The number of hydrogen-bond acceptors (Lipinski definition) is 5. The highest BCUT2D eigenvalue weighted by Gasteiger charge is 2.20. The summed E-state index contributed by atoms with van der Waals surface area (Å²) in [7, 11) is 1.72. The molecule has 0 aliphatic rings. The van der Waals surface area contributed by atoms with Crippen LogP contribution in [0.15, 0.2) is 58.4 Å². The fraction of sp³-hybridized carbons (Fsp3) is 0.211. The third kappa shape index (κ3) is 4.00. The highest BCUT2D eigenvalue weighted by molar-refractivity contribution is 7.10. The Labute approximate surface area is 155 Å². The molecule has 0 saturated carbocycles. The van der Waals surface area contributed by atoms with Crippen molar-refractivity contribution in [3.8, 4) is 11.3 Å². The first-order valence-electron chi connectivity index (χ1n) is 8.15. The highest BCUT2D eigenvalue weighted by Crippen LogP contribution is 2.23. The van der Waals surface area contributed by atoms with Crippen molar-refractivity contribution in [3.05, 3.63) is 64.5 Å². The molecule has 1 atom stereocenters. The van der Waals surface area contributed by atoms with Crippen molar-refractivity contribution in [2.75, 3.05) is 13.6 Å². The molecular formula is C19H19N3O3S. The number of likely N-dealkylation sites (N-methyl/N-ethyl adjacent to an activating group) is 1. The molecule has 3 aromatic rings. The lowest BCUT2D eigenvalue weighted by Gasteiger charge is -2.24. The predicted molar refractivity (Wildman–Crippen MR) is 99.8 cm³/mol. The minimum Gasteiger partial charge on any atom is -0.355 e. The number of nitrogens with one attached hydrogen (secondary N) is 1. The van der Waals surface area contributed by atoms with Crippen LogP contribution in [0.1, 0.15) is 28.3 Å². The van der Waals surface area contributed by atoms with Crippen molar-refractivity contribution in [2.24, 2.45) is 0 Å². The Kier molecular flexibility index (Phi) is 5.48. The average Bonchev–Trinajstić information content (AvgIpc) is 3.37. The number of carbonyl (C=O) groups excluding carboxylic acids is 2. The van der Waals surface area contributed by atoms with Gasteiger partial charge in [-0.05, 0) is 18.4 Å². The second kappa shape index (κ2) is 7.97. The van der Waals surface area contributed by atoms with Gasteiger partial charge < -0.3 is 14.7 Å². The van der Waals surface area contributed by atoms with Gasteiger partial charge >= 0.3 is 0 Å². The van der Waals surface area contributed by atoms with Gasteiger partial charge in [-0.25, -0.2) is 0 Å². The summed E-state index contributed by atoms with van der Waals surface area (Å²) in [5.74, 6) is -0.113. The van der Waals surface area contributed by atoms with E-state index in [0.29, 0.717) is 5.76 Å². The van der Waals surface area contributed by atoms with E-state index in [0.717, 1.165) is 10.4 Å². The lowest BCUT2D eigenvalue weighted by molar-refractivity contribution is -0.130. The van der Waals surface area contributed by atoms with Crippen LogP contribution in [0.5, 0.6) is 0 Å². The molecule has 7 heteroatoms. The number of rotatable bonds is 6. The summed E-state index contributed by atoms with van der Waals surface area (Å²) in [6, 6.07) is 14.8. The summed E-state index contributed by atoms with van der Waals surface area (Å²) >= 11 is 1.60. The van der Waals surface area contributed by atoms with Crippen LogP contribution in [0.25, 0.3) is 11.3 Å². The zero-order valence-electron chi connectivity index (χ0n) is 14.5. The van der Waals surface area contributed by atoms with Crippen LogP contribution in [-0.4, -0.2) is 35.5 Å². The van der Waals surface area contributed by atoms with Gasteiger partial charge in [0, 0.05) is 23.6 Å². The zero-order chi connectivity index (χ0) is 18.5. The topological polar surface area (TPSA) is 75.4 Å². The molecule has 3 rings (SSSR count). The number of benzene rings is 1. The van der Waals surface area contributed by atoms with Gasteiger partial charge in [-0.3, -0.25) is 9.59 Å². The molecular weight excluding hydrogens is 350 g/mol. The molecule has 1 N–H and O–H groups in total. The Morgan fingerprint density at radius 1 is 1.23 bits per heavy atom. The SMILES string of the molecule is CC(c1cccs1)N(C)C(=O)CNC(=O)c1cc(-c2ccccc2)on1. The van der Waals surface area contributed by atoms with Crippen molar-refractivity contribution in [1.29, 1.82) is 0 Å². The zero-order valence-corrected chi connectivity index (χ0v) is 15.3. The van der Waals surface area contributed by atoms with Gasteiger partial charge in [-0.2, -0.15) is 0 Å². The lowest BCUT2D eigenvalue weighted by atomic mass is 10.1. The van der Waals surface area contributed by atoms with E-state index in [9.17, 15) is 9.59 Å². The Morgan fingerprint density at radius 2 is 2.00 bits per heavy atom. The molecule has 2 heterocycles. The van der Waals surface area contributed by atoms with Gasteiger partial charge in [0.25, 0.3) is 5.91 Å². The molecule has 0 radical (unpaired) electrons. The number of amides is 2. The Morgan fingerprint density at radius 3 is 2.69 bits per heavy atom. The van der Waals surface area contributed by atoms with Crippen LogP contribution in [0.3, 0.4) is 0 Å². The highest BCUT2D eigenvalue weighted by atomic mass is 32.1. The monoisotopic (exact) mass is 369 g/mol. The van der Waals surface area contributed by atoms with E-state index < -0.39 is 5.91 Å². The predicted octanol–water partition coefficient (Wildman–Crippen LogP) is 3.35. The van der Waals surface area contributed by atoms with Crippen molar-refractivity contribution < 1.29 is 14.1 Å². The maximum Gasteiger partial charge on any atom is 0.273 e. The molecule has 6 nitrogen and oxygen atoms in total. The molecule has 0 saturated heterocycles. The third-order valence-corrected chi connectivity index (χ3v) is 5.17. The van der Waals surface area contributed by atoms with Crippen LogP contribution < -0.4 is 5.32 Å². The lowest BCUT2D eigenvalue weighted by Crippen LogP contribution is -2.39. The maximum absolute atomic E-state index is 12.3. The Hall–Kier alpha value is -2.93. The van der Waals surface area contributed by atoms with Gasteiger partial charge in [0.2, 0.25) is 5.91 Å². The summed E-state index contributed by atoms with van der Waals surface area (Å²) in [5.41, 5.74) is 0.977. The van der Waals surface area contributed by atoms with Crippen molar-refractivity contribution in [2.45, 2.75) is 13.0 Å². The van der Waals surface area contributed by atoms with Crippen LogP contribution in [0, 0.1) is 0 Å². The molecule has 0 bridgehead atoms. The number of thiophene rings is 1. The first-order chi connectivity index (χ1) is 12.6. The molecule has 1 aromatic carbocycles. The fourth-order valence-corrected chi connectivity index (χ4v) is 3.25. The Balaban J connectivity index is 1.57. The molecule has 0 spiro atoms. The van der Waals surface area contributed by atoms with Crippen molar-refractivity contribution >= 4 is 23.2 Å². The smallest absolute Gasteiger partial charge is 0.273 e. The summed E-state index contributed by atoms with van der Waals surface area (Å²) in [4.78, 5) is 27.2. The molecule has 0 aliphatic carbocycles. The quantitative estimate of drug-likeness (QED) is 0.723. The van der Waals surface area contributed by atoms with Crippen LogP contribution >= 0.6 is 11.3 Å². The van der Waals surface area contributed by atoms with E-state index in [-0.39, 0.29) is 24.2 Å².